The molecule has 44 heavy (non-hydrogen) atoms. The van der Waals surface area contributed by atoms with Gasteiger partial charge in [-0.1, -0.05) is 48.8 Å². The fraction of sp³-hybridized carbons (Fsp3) is 0.364. The van der Waals surface area contributed by atoms with Gasteiger partial charge in [0.05, 0.1) is 30.2 Å². The number of amides is 2. The molecule has 1 aliphatic carbocycles. The molecule has 2 amide bonds. The zero-order valence-electron chi connectivity index (χ0n) is 24.2. The Hall–Kier alpha value is -3.53. The molecule has 0 radical (unpaired) electrons. The van der Waals surface area contributed by atoms with Crippen LogP contribution in [-0.4, -0.2) is 48.9 Å². The highest BCUT2D eigenvalue weighted by Crippen LogP contribution is 2.61. The molecule has 7 nitrogen and oxygen atoms in total. The number of hydrogen-bond donors (Lipinski definition) is 1. The molecule has 3 heterocycles. The number of hydrogen-bond acceptors (Lipinski definition) is 5. The van der Waals surface area contributed by atoms with Crippen LogP contribution in [0.25, 0.3) is 0 Å². The highest BCUT2D eigenvalue weighted by molar-refractivity contribution is 6.31. The first-order valence-electron chi connectivity index (χ1n) is 14.4. The number of anilines is 2. The second-order valence-electron chi connectivity index (χ2n) is 11.9. The van der Waals surface area contributed by atoms with E-state index in [-0.39, 0.29) is 28.7 Å². The van der Waals surface area contributed by atoms with E-state index in [4.69, 9.17) is 27.9 Å². The molecule has 230 valence electrons. The number of allylic oxidation sites excluding steroid dienone is 4. The van der Waals surface area contributed by atoms with Crippen molar-refractivity contribution in [2.24, 2.45) is 23.7 Å². The number of halogens is 4. The minimum absolute atomic E-state index is 0.00181. The SMILES string of the molecule is C=C(Cl)/C=C\C=C(/F)[C@H]1[C@@H]2C(=O)N(c3ccc(C(=O)OC)cc3F)CC[C@@H]2N(CC2CC2C)[C@@]12C(=O)Nc1cc(Cl)ccc12. The number of fused-ring (bicyclic) bond motifs is 3. The van der Waals surface area contributed by atoms with Gasteiger partial charge in [0, 0.05) is 40.4 Å². The molecule has 2 unspecified atom stereocenters. The zero-order chi connectivity index (χ0) is 31.5. The van der Waals surface area contributed by atoms with E-state index in [9.17, 15) is 14.4 Å². The van der Waals surface area contributed by atoms with Crippen LogP contribution in [0.15, 0.2) is 72.1 Å². The molecule has 1 saturated carbocycles. The Kier molecular flexibility index (Phi) is 7.93. The first-order chi connectivity index (χ1) is 21.0. The first-order valence-corrected chi connectivity index (χ1v) is 15.2. The second kappa shape index (κ2) is 11.4. The van der Waals surface area contributed by atoms with Gasteiger partial charge in [-0.2, -0.15) is 0 Å². The summed E-state index contributed by atoms with van der Waals surface area (Å²) in [5.41, 5.74) is -0.580. The van der Waals surface area contributed by atoms with Gasteiger partial charge in [0.25, 0.3) is 0 Å². The Labute approximate surface area is 264 Å². The fourth-order valence-corrected chi connectivity index (χ4v) is 7.56. The van der Waals surface area contributed by atoms with Gasteiger partial charge in [0.15, 0.2) is 0 Å². The lowest BCUT2D eigenvalue weighted by atomic mass is 9.72. The molecule has 11 heteroatoms. The van der Waals surface area contributed by atoms with Crippen LogP contribution in [0, 0.1) is 29.5 Å². The number of rotatable bonds is 7. The van der Waals surface area contributed by atoms with Gasteiger partial charge in [-0.3, -0.25) is 14.5 Å². The van der Waals surface area contributed by atoms with Crippen LogP contribution in [-0.2, 0) is 19.9 Å². The molecular weight excluding hydrogens is 611 g/mol. The number of likely N-dealkylation sites (tertiary alicyclic amines) is 1. The van der Waals surface area contributed by atoms with Gasteiger partial charge >= 0.3 is 5.97 Å². The van der Waals surface area contributed by atoms with E-state index < -0.39 is 52.8 Å². The minimum Gasteiger partial charge on any atom is -0.465 e. The standard InChI is InChI=1S/C33H31Cl2F2N3O4/c1-17-13-20(17)16-40-27-11-12-39(26-10-7-19(14-24(26)37)31(42)44-3)30(41)28(27)29(23(36)6-4-5-18(2)34)33(40)22-9-8-21(35)15-25(22)38-32(33)43/h4-10,14-15,17,20,27-29H,2,11-13,16H2,1,3H3,(H,38,43)/b5-4-,23-6-/t17?,20?,27-,28+,29-,33+/m0/s1. The smallest absolute Gasteiger partial charge is 0.337 e. The maximum absolute atomic E-state index is 16.7. The van der Waals surface area contributed by atoms with Crippen molar-refractivity contribution in [1.82, 2.24) is 4.90 Å². The zero-order valence-corrected chi connectivity index (χ0v) is 25.7. The molecule has 4 aliphatic rings. The Bertz CT molecular complexity index is 1640. The number of carbonyl (C=O) groups is 3. The summed E-state index contributed by atoms with van der Waals surface area (Å²) in [7, 11) is 1.19. The summed E-state index contributed by atoms with van der Waals surface area (Å²) in [5.74, 6) is -4.71. The number of ether oxygens (including phenoxy) is 1. The van der Waals surface area contributed by atoms with E-state index in [0.29, 0.717) is 35.2 Å². The maximum atomic E-state index is 16.7. The van der Waals surface area contributed by atoms with Crippen molar-refractivity contribution in [3.63, 3.8) is 0 Å². The van der Waals surface area contributed by atoms with Crippen molar-refractivity contribution in [3.05, 3.63) is 94.0 Å². The molecular formula is C33H31Cl2F2N3O4. The Morgan fingerprint density at radius 2 is 2.00 bits per heavy atom. The van der Waals surface area contributed by atoms with Crippen molar-refractivity contribution in [1.29, 1.82) is 0 Å². The predicted octanol–water partition coefficient (Wildman–Crippen LogP) is 6.58. The number of methoxy groups -OCH3 is 1. The molecule has 6 rings (SSSR count). The molecule has 6 atom stereocenters. The topological polar surface area (TPSA) is 79.0 Å². The number of carbonyl (C=O) groups excluding carboxylic acids is 3. The molecule has 3 aliphatic heterocycles. The number of piperidine rings is 1. The van der Waals surface area contributed by atoms with Gasteiger partial charge in [0.1, 0.15) is 17.2 Å². The third-order valence-corrected chi connectivity index (χ3v) is 9.82. The Morgan fingerprint density at radius 3 is 2.66 bits per heavy atom. The van der Waals surface area contributed by atoms with Crippen LogP contribution < -0.4 is 10.2 Å². The van der Waals surface area contributed by atoms with Gasteiger partial charge in [0.2, 0.25) is 11.8 Å². The van der Waals surface area contributed by atoms with Crippen LogP contribution >= 0.6 is 23.2 Å². The summed E-state index contributed by atoms with van der Waals surface area (Å²) in [5, 5.41) is 3.51. The summed E-state index contributed by atoms with van der Waals surface area (Å²) >= 11 is 12.2. The number of nitrogens with zero attached hydrogens (tertiary/aromatic N) is 2. The first kappa shape index (κ1) is 30.5. The normalized spacial score (nSPS) is 29.6. The van der Waals surface area contributed by atoms with E-state index in [2.05, 4.69) is 18.8 Å². The maximum Gasteiger partial charge on any atom is 0.337 e. The van der Waals surface area contributed by atoms with Crippen molar-refractivity contribution >= 4 is 52.4 Å². The lowest BCUT2D eigenvalue weighted by Crippen LogP contribution is -2.54. The van der Waals surface area contributed by atoms with Gasteiger partial charge in [-0.05, 0) is 67.2 Å². The third-order valence-electron chi connectivity index (χ3n) is 9.46. The summed E-state index contributed by atoms with van der Waals surface area (Å²) < 4.78 is 36.9. The van der Waals surface area contributed by atoms with Gasteiger partial charge in [-0.15, -0.1) is 0 Å². The summed E-state index contributed by atoms with van der Waals surface area (Å²) in [6, 6.07) is 8.25. The highest BCUT2D eigenvalue weighted by Gasteiger charge is 2.70. The number of esters is 1. The van der Waals surface area contributed by atoms with Crippen LogP contribution in [0.4, 0.5) is 20.2 Å². The Morgan fingerprint density at radius 1 is 1.25 bits per heavy atom. The minimum atomic E-state index is -1.55. The van der Waals surface area contributed by atoms with Crippen LogP contribution in [0.1, 0.15) is 35.7 Å². The quantitative estimate of drug-likeness (QED) is 0.273. The van der Waals surface area contributed by atoms with E-state index in [1.165, 1.54) is 42.4 Å². The van der Waals surface area contributed by atoms with Crippen molar-refractivity contribution < 1.29 is 27.9 Å². The molecule has 3 fully saturated rings. The van der Waals surface area contributed by atoms with Crippen molar-refractivity contribution in [3.8, 4) is 0 Å². The molecule has 2 saturated heterocycles. The van der Waals surface area contributed by atoms with Gasteiger partial charge < -0.3 is 15.0 Å². The van der Waals surface area contributed by atoms with E-state index in [1.807, 2.05) is 4.90 Å². The average Bonchev–Trinajstić information content (AvgIpc) is 3.49. The number of nitrogens with one attached hydrogen (secondary N) is 1. The highest BCUT2D eigenvalue weighted by atomic mass is 35.5. The fourth-order valence-electron chi connectivity index (χ4n) is 7.31. The Balaban J connectivity index is 1.51. The molecule has 0 bridgehead atoms. The second-order valence-corrected chi connectivity index (χ2v) is 12.8. The van der Waals surface area contributed by atoms with E-state index >= 15 is 8.78 Å². The van der Waals surface area contributed by atoms with Crippen LogP contribution in [0.3, 0.4) is 0 Å². The van der Waals surface area contributed by atoms with Crippen molar-refractivity contribution in [2.45, 2.75) is 31.3 Å². The lowest BCUT2D eigenvalue weighted by molar-refractivity contribution is -0.129. The molecule has 1 N–H and O–H groups in total. The van der Waals surface area contributed by atoms with Crippen LogP contribution in [0.2, 0.25) is 5.02 Å². The third kappa shape index (κ3) is 4.86. The van der Waals surface area contributed by atoms with Gasteiger partial charge in [-0.25, -0.2) is 13.6 Å². The summed E-state index contributed by atoms with van der Waals surface area (Å²) in [6.07, 6.45) is 5.34. The number of benzene rings is 2. The molecule has 0 aromatic heterocycles. The molecule has 2 aromatic rings. The predicted molar refractivity (Wildman–Crippen MR) is 165 cm³/mol. The summed E-state index contributed by atoms with van der Waals surface area (Å²) in [6.45, 7) is 6.36. The van der Waals surface area contributed by atoms with Crippen molar-refractivity contribution in [2.75, 3.05) is 30.4 Å². The average molecular weight is 643 g/mol. The summed E-state index contributed by atoms with van der Waals surface area (Å²) in [4.78, 5) is 44.1. The van der Waals surface area contributed by atoms with E-state index in [0.717, 1.165) is 12.5 Å². The molecule has 1 spiro atoms. The van der Waals surface area contributed by atoms with E-state index in [1.54, 1.807) is 18.2 Å². The van der Waals surface area contributed by atoms with Crippen LogP contribution in [0.5, 0.6) is 0 Å². The lowest BCUT2D eigenvalue weighted by Gasteiger charge is -2.40. The molecule has 2 aromatic carbocycles. The monoisotopic (exact) mass is 641 g/mol. The largest absolute Gasteiger partial charge is 0.465 e.